The quantitative estimate of drug-likeness (QED) is 0.278. The van der Waals surface area contributed by atoms with Crippen LogP contribution in [0, 0.1) is 10.1 Å². The fourth-order valence-electron chi connectivity index (χ4n) is 4.67. The number of ether oxygens (including phenoxy) is 1. The van der Waals surface area contributed by atoms with Gasteiger partial charge in [-0.25, -0.2) is 4.63 Å². The number of morpholine rings is 1. The number of rotatable bonds is 8. The molecule has 0 spiro atoms. The first-order valence-corrected chi connectivity index (χ1v) is 11.7. The fourth-order valence-corrected chi connectivity index (χ4v) is 4.67. The number of anilines is 2. The molecule has 4 aromatic rings. The zero-order valence-corrected chi connectivity index (χ0v) is 19.9. The van der Waals surface area contributed by atoms with E-state index in [2.05, 4.69) is 50.4 Å². The standard InChI is InChI=1S/C25H28N6O4/c1-28(2)22-16-21(23-24(27-35-26-23)25(22)31(32)33)30(11-10-29-12-14-34-15-13-29)17-19-8-5-7-18-6-3-4-9-20(18)19/h3-9,16H,10-15,17H2,1-2H3. The number of nitro benzene ring substituents is 1. The summed E-state index contributed by atoms with van der Waals surface area (Å²) in [6, 6.07) is 16.4. The molecule has 182 valence electrons. The van der Waals surface area contributed by atoms with Gasteiger partial charge in [0.2, 0.25) is 5.52 Å². The smallest absolute Gasteiger partial charge is 0.323 e. The minimum Gasteiger partial charge on any atom is -0.379 e. The summed E-state index contributed by atoms with van der Waals surface area (Å²) in [7, 11) is 3.57. The van der Waals surface area contributed by atoms with Crippen molar-refractivity contribution in [2.75, 3.05) is 63.3 Å². The van der Waals surface area contributed by atoms with Crippen molar-refractivity contribution in [1.82, 2.24) is 15.2 Å². The van der Waals surface area contributed by atoms with Crippen LogP contribution in [0.15, 0.2) is 53.2 Å². The van der Waals surface area contributed by atoms with Gasteiger partial charge in [0.15, 0.2) is 5.52 Å². The summed E-state index contributed by atoms with van der Waals surface area (Å²) in [4.78, 5) is 17.8. The lowest BCUT2D eigenvalue weighted by molar-refractivity contribution is -0.382. The second-order valence-electron chi connectivity index (χ2n) is 8.89. The number of nitrogens with zero attached hydrogens (tertiary/aromatic N) is 6. The molecule has 10 heteroatoms. The van der Waals surface area contributed by atoms with Crippen LogP contribution in [-0.4, -0.2) is 73.6 Å². The summed E-state index contributed by atoms with van der Waals surface area (Å²) in [5.41, 5.74) is 2.84. The van der Waals surface area contributed by atoms with Gasteiger partial charge in [0, 0.05) is 46.8 Å². The van der Waals surface area contributed by atoms with E-state index < -0.39 is 4.92 Å². The molecule has 0 radical (unpaired) electrons. The summed E-state index contributed by atoms with van der Waals surface area (Å²) in [5, 5.41) is 22.3. The van der Waals surface area contributed by atoms with Crippen LogP contribution in [0.2, 0.25) is 0 Å². The molecule has 3 aromatic carbocycles. The van der Waals surface area contributed by atoms with E-state index in [-0.39, 0.29) is 11.2 Å². The molecule has 1 aromatic heterocycles. The number of nitro groups is 1. The van der Waals surface area contributed by atoms with E-state index in [9.17, 15) is 10.1 Å². The number of hydrogen-bond donors (Lipinski definition) is 0. The minimum absolute atomic E-state index is 0.103. The van der Waals surface area contributed by atoms with Crippen molar-refractivity contribution in [2.45, 2.75) is 6.54 Å². The predicted molar refractivity (Wildman–Crippen MR) is 135 cm³/mol. The van der Waals surface area contributed by atoms with E-state index in [0.717, 1.165) is 38.5 Å². The number of hydrogen-bond acceptors (Lipinski definition) is 9. The Labute approximate surface area is 202 Å². The molecule has 1 saturated heterocycles. The molecule has 1 aliphatic heterocycles. The Hall–Kier alpha value is -3.76. The molecule has 35 heavy (non-hydrogen) atoms. The maximum atomic E-state index is 11.9. The van der Waals surface area contributed by atoms with E-state index in [1.54, 1.807) is 19.0 Å². The molecule has 0 unspecified atom stereocenters. The Morgan fingerprint density at radius 3 is 2.54 bits per heavy atom. The van der Waals surface area contributed by atoms with Crippen molar-refractivity contribution in [3.8, 4) is 0 Å². The lowest BCUT2D eigenvalue weighted by Gasteiger charge is -2.32. The van der Waals surface area contributed by atoms with Crippen molar-refractivity contribution in [3.05, 3.63) is 64.2 Å². The third kappa shape index (κ3) is 4.62. The molecule has 10 nitrogen and oxygen atoms in total. The van der Waals surface area contributed by atoms with E-state index in [1.807, 2.05) is 18.2 Å². The largest absolute Gasteiger partial charge is 0.379 e. The third-order valence-corrected chi connectivity index (χ3v) is 6.51. The summed E-state index contributed by atoms with van der Waals surface area (Å²) in [6.45, 7) is 5.36. The highest BCUT2D eigenvalue weighted by Gasteiger charge is 2.29. The summed E-state index contributed by atoms with van der Waals surface area (Å²) in [6.07, 6.45) is 0. The Kier molecular flexibility index (Phi) is 6.47. The minimum atomic E-state index is -0.422. The molecule has 1 fully saturated rings. The van der Waals surface area contributed by atoms with Gasteiger partial charge < -0.3 is 14.5 Å². The van der Waals surface area contributed by atoms with Gasteiger partial charge in [0.05, 0.1) is 23.8 Å². The molecule has 0 atom stereocenters. The van der Waals surface area contributed by atoms with E-state index in [4.69, 9.17) is 9.37 Å². The molecule has 5 rings (SSSR count). The lowest BCUT2D eigenvalue weighted by Crippen LogP contribution is -2.41. The molecular weight excluding hydrogens is 448 g/mol. The van der Waals surface area contributed by atoms with Crippen LogP contribution in [0.25, 0.3) is 21.8 Å². The van der Waals surface area contributed by atoms with Crippen LogP contribution in [-0.2, 0) is 11.3 Å². The Balaban J connectivity index is 1.60. The SMILES string of the molecule is CN(C)c1cc(N(CCN2CCOCC2)Cc2cccc3ccccc23)c2nonc2c1[N+](=O)[O-]. The van der Waals surface area contributed by atoms with E-state index in [0.29, 0.717) is 24.3 Å². The summed E-state index contributed by atoms with van der Waals surface area (Å²) >= 11 is 0. The van der Waals surface area contributed by atoms with Gasteiger partial charge in [-0.3, -0.25) is 15.0 Å². The van der Waals surface area contributed by atoms with Crippen molar-refractivity contribution in [3.63, 3.8) is 0 Å². The highest BCUT2D eigenvalue weighted by atomic mass is 16.6. The zero-order valence-electron chi connectivity index (χ0n) is 19.9. The highest BCUT2D eigenvalue weighted by molar-refractivity contribution is 6.00. The Morgan fingerprint density at radius 1 is 1.03 bits per heavy atom. The van der Waals surface area contributed by atoms with Gasteiger partial charge in [-0.1, -0.05) is 42.5 Å². The summed E-state index contributed by atoms with van der Waals surface area (Å²) < 4.78 is 10.5. The Morgan fingerprint density at radius 2 is 1.77 bits per heavy atom. The molecule has 0 N–H and O–H groups in total. The van der Waals surface area contributed by atoms with Gasteiger partial charge in [-0.05, 0) is 32.7 Å². The maximum absolute atomic E-state index is 11.9. The molecule has 0 bridgehead atoms. The van der Waals surface area contributed by atoms with Crippen LogP contribution in [0.5, 0.6) is 0 Å². The van der Waals surface area contributed by atoms with Gasteiger partial charge in [0.1, 0.15) is 5.69 Å². The highest BCUT2D eigenvalue weighted by Crippen LogP contribution is 2.40. The molecular formula is C25H28N6O4. The third-order valence-electron chi connectivity index (χ3n) is 6.51. The lowest BCUT2D eigenvalue weighted by atomic mass is 10.0. The average molecular weight is 477 g/mol. The first kappa shape index (κ1) is 23.0. The molecule has 2 heterocycles. The topological polar surface area (TPSA) is 101 Å². The van der Waals surface area contributed by atoms with Gasteiger partial charge in [-0.2, -0.15) is 0 Å². The Bertz CT molecular complexity index is 1340. The van der Waals surface area contributed by atoms with Gasteiger partial charge in [0.25, 0.3) is 0 Å². The van der Waals surface area contributed by atoms with Gasteiger partial charge in [-0.15, -0.1) is 0 Å². The maximum Gasteiger partial charge on any atom is 0.323 e. The van der Waals surface area contributed by atoms with Crippen LogP contribution in [0.4, 0.5) is 17.1 Å². The molecule has 0 saturated carbocycles. The number of fused-ring (bicyclic) bond motifs is 2. The number of aromatic nitrogens is 2. The summed E-state index contributed by atoms with van der Waals surface area (Å²) in [5.74, 6) is 0. The second-order valence-corrected chi connectivity index (χ2v) is 8.89. The normalized spacial score (nSPS) is 14.5. The van der Waals surface area contributed by atoms with E-state index in [1.165, 1.54) is 16.3 Å². The monoisotopic (exact) mass is 476 g/mol. The van der Waals surface area contributed by atoms with E-state index >= 15 is 0 Å². The van der Waals surface area contributed by atoms with Crippen LogP contribution in [0.1, 0.15) is 5.56 Å². The van der Waals surface area contributed by atoms with Crippen molar-refractivity contribution in [1.29, 1.82) is 0 Å². The van der Waals surface area contributed by atoms with Gasteiger partial charge >= 0.3 is 5.69 Å². The number of benzene rings is 3. The fraction of sp³-hybridized carbons (Fsp3) is 0.360. The average Bonchev–Trinajstić information content (AvgIpc) is 3.36. The molecule has 0 amide bonds. The first-order chi connectivity index (χ1) is 17.0. The zero-order chi connectivity index (χ0) is 24.4. The molecule has 0 aliphatic carbocycles. The van der Waals surface area contributed by atoms with Crippen LogP contribution < -0.4 is 9.80 Å². The van der Waals surface area contributed by atoms with Crippen molar-refractivity contribution < 1.29 is 14.3 Å². The van der Waals surface area contributed by atoms with Crippen LogP contribution in [0.3, 0.4) is 0 Å². The second kappa shape index (κ2) is 9.85. The predicted octanol–water partition coefficient (Wildman–Crippen LogP) is 3.69. The molecule has 1 aliphatic rings. The first-order valence-electron chi connectivity index (χ1n) is 11.7. The van der Waals surface area contributed by atoms with Crippen molar-refractivity contribution in [2.24, 2.45) is 0 Å². The van der Waals surface area contributed by atoms with Crippen molar-refractivity contribution >= 4 is 38.9 Å². The van der Waals surface area contributed by atoms with Crippen LogP contribution >= 0.6 is 0 Å².